The molecule has 7 nitrogen and oxygen atoms in total. The van der Waals surface area contributed by atoms with Gasteiger partial charge >= 0.3 is 5.69 Å². The summed E-state index contributed by atoms with van der Waals surface area (Å²) in [6.45, 7) is 3.11. The second-order valence-corrected chi connectivity index (χ2v) is 6.40. The number of rotatable bonds is 5. The van der Waals surface area contributed by atoms with Gasteiger partial charge in [-0.05, 0) is 12.1 Å². The van der Waals surface area contributed by atoms with Crippen molar-refractivity contribution in [3.63, 3.8) is 0 Å². The Morgan fingerprint density at radius 3 is 2.62 bits per heavy atom. The standard InChI is InChI=1S/C17H18ClFN4O3/c1-26-14-8-15(19)17(23(24)25)16(9-14)22-6-4-21(5-7-22)11-13-3-2-12(18)10-20-13/h2-3,8-10H,4-7,11H2,1H3. The van der Waals surface area contributed by atoms with E-state index in [1.807, 2.05) is 11.0 Å². The van der Waals surface area contributed by atoms with Crippen molar-refractivity contribution < 1.29 is 14.1 Å². The van der Waals surface area contributed by atoms with E-state index in [1.165, 1.54) is 13.2 Å². The molecule has 1 aliphatic heterocycles. The van der Waals surface area contributed by atoms with Crippen LogP contribution in [0.2, 0.25) is 5.02 Å². The first-order valence-electron chi connectivity index (χ1n) is 8.07. The second kappa shape index (κ2) is 7.84. The summed E-state index contributed by atoms with van der Waals surface area (Å²) in [6.07, 6.45) is 1.61. The van der Waals surface area contributed by atoms with Crippen molar-refractivity contribution in [2.75, 3.05) is 38.2 Å². The molecule has 1 aromatic heterocycles. The number of nitro groups is 1. The number of ether oxygens (including phenoxy) is 1. The number of piperazine rings is 1. The normalized spacial score (nSPS) is 15.1. The average Bonchev–Trinajstić information content (AvgIpc) is 2.63. The molecular formula is C17H18ClFN4O3. The molecule has 0 unspecified atom stereocenters. The SMILES string of the molecule is COc1cc(F)c([N+](=O)[O-])c(N2CCN(Cc3ccc(Cl)cn3)CC2)c1. The molecule has 26 heavy (non-hydrogen) atoms. The number of nitrogens with zero attached hydrogens (tertiary/aromatic N) is 4. The van der Waals surface area contributed by atoms with Gasteiger partial charge in [0.25, 0.3) is 0 Å². The van der Waals surface area contributed by atoms with Gasteiger partial charge in [0.2, 0.25) is 5.82 Å². The molecule has 0 aliphatic carbocycles. The molecular weight excluding hydrogens is 363 g/mol. The first-order valence-corrected chi connectivity index (χ1v) is 8.45. The summed E-state index contributed by atoms with van der Waals surface area (Å²) in [5.41, 5.74) is 0.635. The molecule has 1 fully saturated rings. The van der Waals surface area contributed by atoms with Gasteiger partial charge in [0.15, 0.2) is 0 Å². The van der Waals surface area contributed by atoms with E-state index in [2.05, 4.69) is 9.88 Å². The fraction of sp³-hybridized carbons (Fsp3) is 0.353. The maximum atomic E-state index is 14.1. The highest BCUT2D eigenvalue weighted by atomic mass is 35.5. The lowest BCUT2D eigenvalue weighted by molar-refractivity contribution is -0.386. The highest BCUT2D eigenvalue weighted by molar-refractivity contribution is 6.30. The number of aromatic nitrogens is 1. The van der Waals surface area contributed by atoms with Crippen LogP contribution in [0.4, 0.5) is 15.8 Å². The van der Waals surface area contributed by atoms with Crippen LogP contribution in [0, 0.1) is 15.9 Å². The predicted octanol–water partition coefficient (Wildman–Crippen LogP) is 3.11. The van der Waals surface area contributed by atoms with Gasteiger partial charge in [-0.3, -0.25) is 20.0 Å². The van der Waals surface area contributed by atoms with Crippen LogP contribution >= 0.6 is 11.6 Å². The third-order valence-electron chi connectivity index (χ3n) is 4.32. The van der Waals surface area contributed by atoms with E-state index < -0.39 is 16.4 Å². The maximum Gasteiger partial charge on any atom is 0.328 e. The van der Waals surface area contributed by atoms with Crippen LogP contribution in [-0.4, -0.2) is 48.1 Å². The lowest BCUT2D eigenvalue weighted by atomic mass is 10.2. The quantitative estimate of drug-likeness (QED) is 0.586. The summed E-state index contributed by atoms with van der Waals surface area (Å²) in [6, 6.07) is 6.21. The molecule has 2 heterocycles. The molecule has 0 bridgehead atoms. The van der Waals surface area contributed by atoms with Gasteiger partial charge in [0.05, 0.1) is 22.7 Å². The summed E-state index contributed by atoms with van der Waals surface area (Å²) < 4.78 is 19.2. The summed E-state index contributed by atoms with van der Waals surface area (Å²) in [4.78, 5) is 18.9. The lowest BCUT2D eigenvalue weighted by Crippen LogP contribution is -2.46. The smallest absolute Gasteiger partial charge is 0.328 e. The number of nitro benzene ring substituents is 1. The molecule has 0 amide bonds. The number of pyridine rings is 1. The van der Waals surface area contributed by atoms with Crippen molar-refractivity contribution in [1.29, 1.82) is 0 Å². The molecule has 2 aromatic rings. The molecule has 1 saturated heterocycles. The molecule has 0 N–H and O–H groups in total. The number of anilines is 1. The zero-order valence-corrected chi connectivity index (χ0v) is 14.9. The number of hydrogen-bond acceptors (Lipinski definition) is 6. The van der Waals surface area contributed by atoms with Crippen LogP contribution < -0.4 is 9.64 Å². The largest absolute Gasteiger partial charge is 0.497 e. The highest BCUT2D eigenvalue weighted by Gasteiger charge is 2.28. The molecule has 0 atom stereocenters. The minimum absolute atomic E-state index is 0.246. The van der Waals surface area contributed by atoms with Crippen molar-refractivity contribution >= 4 is 23.0 Å². The van der Waals surface area contributed by atoms with Crippen LogP contribution in [0.5, 0.6) is 5.75 Å². The first kappa shape index (κ1) is 18.3. The van der Waals surface area contributed by atoms with Gasteiger partial charge < -0.3 is 9.64 Å². The molecule has 0 radical (unpaired) electrons. The Hall–Kier alpha value is -2.45. The Bertz CT molecular complexity index is 795. The van der Waals surface area contributed by atoms with Crippen LogP contribution in [0.1, 0.15) is 5.69 Å². The van der Waals surface area contributed by atoms with Gasteiger partial charge in [0, 0.05) is 51.1 Å². The fourth-order valence-electron chi connectivity index (χ4n) is 2.98. The summed E-state index contributed by atoms with van der Waals surface area (Å²) in [7, 11) is 1.40. The van der Waals surface area contributed by atoms with E-state index in [1.54, 1.807) is 12.3 Å². The van der Waals surface area contributed by atoms with Gasteiger partial charge in [-0.15, -0.1) is 0 Å². The van der Waals surface area contributed by atoms with E-state index in [9.17, 15) is 14.5 Å². The number of benzene rings is 1. The Morgan fingerprint density at radius 2 is 2.04 bits per heavy atom. The maximum absolute atomic E-state index is 14.1. The monoisotopic (exact) mass is 380 g/mol. The Morgan fingerprint density at radius 1 is 1.31 bits per heavy atom. The molecule has 3 rings (SSSR count). The highest BCUT2D eigenvalue weighted by Crippen LogP contribution is 2.35. The van der Waals surface area contributed by atoms with Crippen LogP contribution in [0.15, 0.2) is 30.5 Å². The topological polar surface area (TPSA) is 71.7 Å². The fourth-order valence-corrected chi connectivity index (χ4v) is 3.09. The van der Waals surface area contributed by atoms with Crippen LogP contribution in [0.25, 0.3) is 0 Å². The van der Waals surface area contributed by atoms with Crippen molar-refractivity contribution in [3.05, 3.63) is 57.1 Å². The van der Waals surface area contributed by atoms with Crippen molar-refractivity contribution in [3.8, 4) is 5.75 Å². The van der Waals surface area contributed by atoms with E-state index in [0.29, 0.717) is 37.7 Å². The molecule has 1 aromatic carbocycles. The zero-order valence-electron chi connectivity index (χ0n) is 14.2. The minimum atomic E-state index is -0.892. The van der Waals surface area contributed by atoms with Crippen molar-refractivity contribution in [2.24, 2.45) is 0 Å². The molecule has 1 aliphatic rings. The molecule has 9 heteroatoms. The zero-order chi connectivity index (χ0) is 18.7. The predicted molar refractivity (Wildman–Crippen MR) is 96.3 cm³/mol. The average molecular weight is 381 g/mol. The van der Waals surface area contributed by atoms with E-state index >= 15 is 0 Å². The van der Waals surface area contributed by atoms with Crippen molar-refractivity contribution in [1.82, 2.24) is 9.88 Å². The van der Waals surface area contributed by atoms with Gasteiger partial charge in [-0.2, -0.15) is 4.39 Å². The second-order valence-electron chi connectivity index (χ2n) is 5.97. The van der Waals surface area contributed by atoms with Gasteiger partial charge in [-0.25, -0.2) is 0 Å². The van der Waals surface area contributed by atoms with Crippen LogP contribution in [-0.2, 0) is 6.54 Å². The molecule has 138 valence electrons. The number of hydrogen-bond donors (Lipinski definition) is 0. The minimum Gasteiger partial charge on any atom is -0.497 e. The third-order valence-corrected chi connectivity index (χ3v) is 4.55. The summed E-state index contributed by atoms with van der Waals surface area (Å²) >= 11 is 5.84. The van der Waals surface area contributed by atoms with Crippen molar-refractivity contribution in [2.45, 2.75) is 6.54 Å². The number of methoxy groups -OCH3 is 1. The van der Waals surface area contributed by atoms with E-state index in [-0.39, 0.29) is 11.4 Å². The van der Waals surface area contributed by atoms with Gasteiger partial charge in [0.1, 0.15) is 11.4 Å². The van der Waals surface area contributed by atoms with E-state index in [4.69, 9.17) is 16.3 Å². The van der Waals surface area contributed by atoms with Crippen LogP contribution in [0.3, 0.4) is 0 Å². The Balaban J connectivity index is 1.72. The Kier molecular flexibility index (Phi) is 5.53. The molecule has 0 saturated carbocycles. The summed E-state index contributed by atoms with van der Waals surface area (Å²) in [5, 5.41) is 11.9. The third kappa shape index (κ3) is 4.03. The lowest BCUT2D eigenvalue weighted by Gasteiger charge is -2.35. The summed E-state index contributed by atoms with van der Waals surface area (Å²) in [5.74, 6) is -0.631. The number of halogens is 2. The molecule has 0 spiro atoms. The van der Waals surface area contributed by atoms with Gasteiger partial charge in [-0.1, -0.05) is 11.6 Å². The Labute approximate surface area is 155 Å². The first-order chi connectivity index (χ1) is 12.5. The van der Waals surface area contributed by atoms with E-state index in [0.717, 1.165) is 11.8 Å².